The smallest absolute Gasteiger partial charge is 0.347 e. The second kappa shape index (κ2) is 4.70. The first-order valence-corrected chi connectivity index (χ1v) is 5.89. The molecule has 0 aliphatic carbocycles. The highest BCUT2D eigenvalue weighted by atomic mass is 16.5. The number of esters is 1. The first-order valence-electron chi connectivity index (χ1n) is 5.89. The van der Waals surface area contributed by atoms with Crippen molar-refractivity contribution < 1.29 is 23.5 Å². The number of rotatable bonds is 2. The first kappa shape index (κ1) is 12.2. The Morgan fingerprint density at radius 3 is 2.75 bits per heavy atom. The Bertz CT molecular complexity index is 710. The predicted octanol–water partition coefficient (Wildman–Crippen LogP) is 2.47. The molecule has 0 spiro atoms. The van der Waals surface area contributed by atoms with Gasteiger partial charge in [0.1, 0.15) is 22.8 Å². The third kappa shape index (κ3) is 1.99. The van der Waals surface area contributed by atoms with E-state index >= 15 is 0 Å². The number of benzene rings is 1. The molecule has 1 aliphatic rings. The van der Waals surface area contributed by atoms with Gasteiger partial charge in [-0.2, -0.15) is 0 Å². The van der Waals surface area contributed by atoms with Crippen LogP contribution in [0.15, 0.2) is 46.6 Å². The maximum Gasteiger partial charge on any atom is 0.347 e. The van der Waals surface area contributed by atoms with Gasteiger partial charge in [-0.05, 0) is 36.4 Å². The standard InChI is InChI=1S/C15H10O5/c1-18-9-4-5-13-11(7-9)14(16)12(15(17)20-13)8-10-3-2-6-19-10/h2-8H,1H3. The Morgan fingerprint density at radius 2 is 2.05 bits per heavy atom. The maximum absolute atomic E-state index is 12.4. The summed E-state index contributed by atoms with van der Waals surface area (Å²) in [5.41, 5.74) is 0.224. The van der Waals surface area contributed by atoms with Gasteiger partial charge in [0.15, 0.2) is 0 Å². The molecule has 1 aromatic carbocycles. The van der Waals surface area contributed by atoms with Gasteiger partial charge in [-0.3, -0.25) is 4.79 Å². The summed E-state index contributed by atoms with van der Waals surface area (Å²) >= 11 is 0. The van der Waals surface area contributed by atoms with Crippen LogP contribution in [0.1, 0.15) is 16.1 Å². The van der Waals surface area contributed by atoms with Gasteiger partial charge in [-0.1, -0.05) is 0 Å². The van der Waals surface area contributed by atoms with Crippen LogP contribution in [0.5, 0.6) is 11.5 Å². The van der Waals surface area contributed by atoms with Gasteiger partial charge in [0.25, 0.3) is 0 Å². The number of ketones is 1. The van der Waals surface area contributed by atoms with E-state index in [4.69, 9.17) is 13.9 Å². The molecule has 1 aliphatic heterocycles. The number of hydrogen-bond donors (Lipinski definition) is 0. The number of Topliss-reactive ketones (excluding diaryl/α,β-unsaturated/α-hetero) is 1. The molecule has 20 heavy (non-hydrogen) atoms. The van der Waals surface area contributed by atoms with E-state index in [1.54, 1.807) is 24.3 Å². The summed E-state index contributed by atoms with van der Waals surface area (Å²) in [6.07, 6.45) is 2.83. The van der Waals surface area contributed by atoms with Crippen LogP contribution in [0, 0.1) is 0 Å². The first-order chi connectivity index (χ1) is 9.69. The quantitative estimate of drug-likeness (QED) is 0.363. The van der Waals surface area contributed by atoms with Crippen molar-refractivity contribution in [3.05, 3.63) is 53.5 Å². The lowest BCUT2D eigenvalue weighted by Crippen LogP contribution is -2.25. The van der Waals surface area contributed by atoms with Crippen LogP contribution < -0.4 is 9.47 Å². The van der Waals surface area contributed by atoms with Crippen LogP contribution in [0.25, 0.3) is 6.08 Å². The molecule has 0 atom stereocenters. The van der Waals surface area contributed by atoms with Crippen molar-refractivity contribution in [3.8, 4) is 11.5 Å². The van der Waals surface area contributed by atoms with E-state index < -0.39 is 11.8 Å². The third-order valence-corrected chi connectivity index (χ3v) is 2.93. The van der Waals surface area contributed by atoms with Crippen molar-refractivity contribution in [2.75, 3.05) is 7.11 Å². The van der Waals surface area contributed by atoms with E-state index in [0.29, 0.717) is 17.1 Å². The van der Waals surface area contributed by atoms with Crippen molar-refractivity contribution >= 4 is 17.8 Å². The molecule has 0 saturated carbocycles. The minimum atomic E-state index is -0.691. The van der Waals surface area contributed by atoms with Crippen LogP contribution in [-0.2, 0) is 4.79 Å². The molecule has 0 amide bonds. The minimum absolute atomic E-state index is 0.0688. The van der Waals surface area contributed by atoms with Gasteiger partial charge in [-0.15, -0.1) is 0 Å². The third-order valence-electron chi connectivity index (χ3n) is 2.93. The second-order valence-electron chi connectivity index (χ2n) is 4.15. The Kier molecular flexibility index (Phi) is 2.87. The topological polar surface area (TPSA) is 65.7 Å². The molecule has 2 aromatic rings. The van der Waals surface area contributed by atoms with E-state index in [-0.39, 0.29) is 11.3 Å². The fourth-order valence-corrected chi connectivity index (χ4v) is 1.94. The van der Waals surface area contributed by atoms with E-state index in [0.717, 1.165) is 0 Å². The number of ether oxygens (including phenoxy) is 2. The normalized spacial score (nSPS) is 15.9. The number of methoxy groups -OCH3 is 1. The average molecular weight is 270 g/mol. The molecule has 0 N–H and O–H groups in total. The summed E-state index contributed by atoms with van der Waals surface area (Å²) in [6, 6.07) is 8.02. The van der Waals surface area contributed by atoms with Crippen LogP contribution >= 0.6 is 0 Å². The van der Waals surface area contributed by atoms with Gasteiger partial charge in [0, 0.05) is 0 Å². The Labute approximate surface area is 114 Å². The highest BCUT2D eigenvalue weighted by Gasteiger charge is 2.31. The molecular weight excluding hydrogens is 260 g/mol. The molecule has 0 unspecified atom stereocenters. The summed E-state index contributed by atoms with van der Waals surface area (Å²) in [6.45, 7) is 0. The lowest BCUT2D eigenvalue weighted by Gasteiger charge is -2.17. The summed E-state index contributed by atoms with van der Waals surface area (Å²) < 4.78 is 15.3. The highest BCUT2D eigenvalue weighted by Crippen LogP contribution is 2.31. The van der Waals surface area contributed by atoms with Crippen molar-refractivity contribution in [2.24, 2.45) is 0 Å². The molecule has 0 fully saturated rings. The highest BCUT2D eigenvalue weighted by molar-refractivity contribution is 6.30. The molecular formula is C15H10O5. The molecule has 5 nitrogen and oxygen atoms in total. The zero-order valence-corrected chi connectivity index (χ0v) is 10.6. The molecule has 0 radical (unpaired) electrons. The summed E-state index contributed by atoms with van der Waals surface area (Å²) in [4.78, 5) is 24.2. The van der Waals surface area contributed by atoms with Crippen LogP contribution in [-0.4, -0.2) is 18.9 Å². The van der Waals surface area contributed by atoms with Gasteiger partial charge >= 0.3 is 5.97 Å². The van der Waals surface area contributed by atoms with Gasteiger partial charge < -0.3 is 13.9 Å². The minimum Gasteiger partial charge on any atom is -0.497 e. The van der Waals surface area contributed by atoms with Crippen molar-refractivity contribution in [2.45, 2.75) is 0 Å². The zero-order chi connectivity index (χ0) is 14.1. The fourth-order valence-electron chi connectivity index (χ4n) is 1.94. The van der Waals surface area contributed by atoms with Gasteiger partial charge in [-0.25, -0.2) is 4.79 Å². The lowest BCUT2D eigenvalue weighted by atomic mass is 9.99. The summed E-state index contributed by atoms with van der Waals surface area (Å²) in [7, 11) is 1.50. The molecule has 0 bridgehead atoms. The number of carbonyl (C=O) groups excluding carboxylic acids is 2. The monoisotopic (exact) mass is 270 g/mol. The van der Waals surface area contributed by atoms with E-state index in [1.165, 1.54) is 25.5 Å². The maximum atomic E-state index is 12.4. The lowest BCUT2D eigenvalue weighted by molar-refractivity contribution is -0.130. The number of furan rings is 1. The summed E-state index contributed by atoms with van der Waals surface area (Å²) in [5.74, 6) is 0.0667. The van der Waals surface area contributed by atoms with E-state index in [1.807, 2.05) is 0 Å². The van der Waals surface area contributed by atoms with Crippen LogP contribution in [0.3, 0.4) is 0 Å². The second-order valence-corrected chi connectivity index (χ2v) is 4.15. The SMILES string of the molecule is COc1ccc2c(c1)C(=O)C(=Cc1ccco1)C(=O)O2. The van der Waals surface area contributed by atoms with Crippen molar-refractivity contribution in [1.82, 2.24) is 0 Å². The molecule has 1 aromatic heterocycles. The fraction of sp³-hybridized carbons (Fsp3) is 0.0667. The van der Waals surface area contributed by atoms with Crippen LogP contribution in [0.2, 0.25) is 0 Å². The Hall–Kier alpha value is -2.82. The number of hydrogen-bond acceptors (Lipinski definition) is 5. The van der Waals surface area contributed by atoms with E-state index in [9.17, 15) is 9.59 Å². The van der Waals surface area contributed by atoms with E-state index in [2.05, 4.69) is 0 Å². The summed E-state index contributed by atoms with van der Waals surface area (Å²) in [5, 5.41) is 0. The Balaban J connectivity index is 2.07. The largest absolute Gasteiger partial charge is 0.497 e. The number of carbonyl (C=O) groups is 2. The molecule has 5 heteroatoms. The Morgan fingerprint density at radius 1 is 1.20 bits per heavy atom. The van der Waals surface area contributed by atoms with Crippen molar-refractivity contribution in [1.29, 1.82) is 0 Å². The number of fused-ring (bicyclic) bond motifs is 1. The predicted molar refractivity (Wildman–Crippen MR) is 69.6 cm³/mol. The molecule has 2 heterocycles. The zero-order valence-electron chi connectivity index (χ0n) is 10.6. The average Bonchev–Trinajstić information content (AvgIpc) is 2.96. The molecule has 0 saturated heterocycles. The van der Waals surface area contributed by atoms with Gasteiger partial charge in [0.2, 0.25) is 5.78 Å². The molecule has 3 rings (SSSR count). The van der Waals surface area contributed by atoms with Gasteiger partial charge in [0.05, 0.1) is 18.9 Å². The van der Waals surface area contributed by atoms with Crippen molar-refractivity contribution in [3.63, 3.8) is 0 Å². The molecule has 100 valence electrons. The van der Waals surface area contributed by atoms with Crippen LogP contribution in [0.4, 0.5) is 0 Å².